The third kappa shape index (κ3) is 4.05. The van der Waals surface area contributed by atoms with Crippen molar-refractivity contribution >= 4 is 28.7 Å². The zero-order valence-electron chi connectivity index (χ0n) is 20.3. The van der Waals surface area contributed by atoms with Crippen LogP contribution in [0.15, 0.2) is 45.8 Å². The van der Waals surface area contributed by atoms with Crippen molar-refractivity contribution in [1.29, 1.82) is 0 Å². The summed E-state index contributed by atoms with van der Waals surface area (Å²) in [5.41, 5.74) is 4.78. The Morgan fingerprint density at radius 1 is 1.14 bits per heavy atom. The van der Waals surface area contributed by atoms with Gasteiger partial charge in [0.25, 0.3) is 0 Å². The first-order chi connectivity index (χ1) is 16.7. The summed E-state index contributed by atoms with van der Waals surface area (Å²) in [5, 5.41) is 22.8. The number of fused-ring (bicyclic) bond motifs is 3. The zero-order valence-corrected chi connectivity index (χ0v) is 21.1. The van der Waals surface area contributed by atoms with E-state index < -0.39 is 17.9 Å². The largest absolute Gasteiger partial charge is 0.481 e. The number of benzene rings is 1. The molecule has 35 heavy (non-hydrogen) atoms. The highest BCUT2D eigenvalue weighted by Gasteiger charge is 2.36. The standard InChI is InChI=1S/C26H27N5O3S/c1-13-6-11-20(34-13)12-27-19-9-7-18(8-10-19)23-21-14(2)16(4)35-25(21)31-17(5)29-30-24(31)22(28-23)15(3)26(32)33/h6-11,15,22,27H,12H2,1-5H3,(H,32,33)/t15-,22?/m0/s1. The second-order valence-corrected chi connectivity index (χ2v) is 10.1. The fourth-order valence-electron chi connectivity index (χ4n) is 4.33. The van der Waals surface area contributed by atoms with Crippen molar-refractivity contribution in [2.45, 2.75) is 47.2 Å². The van der Waals surface area contributed by atoms with Crippen molar-refractivity contribution in [3.63, 3.8) is 0 Å². The van der Waals surface area contributed by atoms with Crippen molar-refractivity contribution in [1.82, 2.24) is 14.8 Å². The van der Waals surface area contributed by atoms with Gasteiger partial charge < -0.3 is 14.8 Å². The summed E-state index contributed by atoms with van der Waals surface area (Å²) in [7, 11) is 0. The van der Waals surface area contributed by atoms with Crippen LogP contribution in [0.1, 0.15) is 57.7 Å². The number of aliphatic carboxylic acids is 1. The number of aromatic nitrogens is 3. The lowest BCUT2D eigenvalue weighted by atomic mass is 9.98. The third-order valence-electron chi connectivity index (χ3n) is 6.47. The van der Waals surface area contributed by atoms with Crippen molar-refractivity contribution in [3.05, 3.63) is 81.1 Å². The highest BCUT2D eigenvalue weighted by atomic mass is 32.1. The van der Waals surface area contributed by atoms with Crippen LogP contribution in [-0.2, 0) is 11.3 Å². The normalized spacial score (nSPS) is 15.7. The van der Waals surface area contributed by atoms with Gasteiger partial charge in [-0.15, -0.1) is 21.5 Å². The molecule has 2 N–H and O–H groups in total. The van der Waals surface area contributed by atoms with Crippen LogP contribution < -0.4 is 5.32 Å². The van der Waals surface area contributed by atoms with Crippen LogP contribution in [-0.4, -0.2) is 31.6 Å². The number of carboxylic acid groups (broad SMARTS) is 1. The lowest BCUT2D eigenvalue weighted by Gasteiger charge is -2.16. The highest BCUT2D eigenvalue weighted by molar-refractivity contribution is 7.15. The Hall–Kier alpha value is -3.72. The molecule has 0 spiro atoms. The second kappa shape index (κ2) is 8.81. The molecule has 0 amide bonds. The Morgan fingerprint density at radius 3 is 2.54 bits per heavy atom. The molecule has 8 nitrogen and oxygen atoms in total. The summed E-state index contributed by atoms with van der Waals surface area (Å²) in [4.78, 5) is 18.2. The number of carboxylic acids is 1. The number of hydrogen-bond donors (Lipinski definition) is 2. The Bertz CT molecular complexity index is 1440. The van der Waals surface area contributed by atoms with Crippen molar-refractivity contribution in [2.24, 2.45) is 10.9 Å². The molecule has 2 atom stereocenters. The molecule has 1 aliphatic heterocycles. The van der Waals surface area contributed by atoms with E-state index in [1.807, 2.05) is 54.8 Å². The van der Waals surface area contributed by atoms with Gasteiger partial charge in [0, 0.05) is 21.7 Å². The Kier molecular flexibility index (Phi) is 5.80. The van der Waals surface area contributed by atoms with E-state index in [-0.39, 0.29) is 0 Å². The number of nitrogens with one attached hydrogen (secondary N) is 1. The predicted octanol–water partition coefficient (Wildman–Crippen LogP) is 5.38. The van der Waals surface area contributed by atoms with Gasteiger partial charge in [-0.05, 0) is 64.4 Å². The maximum absolute atomic E-state index is 12.0. The third-order valence-corrected chi connectivity index (χ3v) is 7.67. The molecule has 0 bridgehead atoms. The fourth-order valence-corrected chi connectivity index (χ4v) is 5.55. The number of thiophene rings is 1. The van der Waals surface area contributed by atoms with Gasteiger partial charge in [0.15, 0.2) is 5.82 Å². The van der Waals surface area contributed by atoms with Gasteiger partial charge in [-0.2, -0.15) is 0 Å². The molecule has 1 aliphatic rings. The minimum atomic E-state index is -0.920. The van der Waals surface area contributed by atoms with Crippen LogP contribution in [0.25, 0.3) is 5.00 Å². The lowest BCUT2D eigenvalue weighted by Crippen LogP contribution is -2.21. The molecular weight excluding hydrogens is 462 g/mol. The topological polar surface area (TPSA) is 106 Å². The van der Waals surface area contributed by atoms with E-state index in [4.69, 9.17) is 9.41 Å². The number of hydrogen-bond acceptors (Lipinski definition) is 7. The van der Waals surface area contributed by atoms with E-state index in [0.29, 0.717) is 18.2 Å². The molecule has 3 aromatic heterocycles. The smallest absolute Gasteiger partial charge is 0.308 e. The summed E-state index contributed by atoms with van der Waals surface area (Å²) in [5.74, 6) is 1.35. The SMILES string of the molecule is Cc1ccc(CNc2ccc(C3=NC([C@H](C)C(=O)O)c4nnc(C)n4-c4sc(C)c(C)c43)cc2)o1. The molecule has 0 saturated heterocycles. The van der Waals surface area contributed by atoms with E-state index in [1.54, 1.807) is 18.3 Å². The van der Waals surface area contributed by atoms with Crippen LogP contribution in [0.2, 0.25) is 0 Å². The highest BCUT2D eigenvalue weighted by Crippen LogP contribution is 2.40. The van der Waals surface area contributed by atoms with Crippen LogP contribution in [0, 0.1) is 33.6 Å². The van der Waals surface area contributed by atoms with Gasteiger partial charge in [0.05, 0.1) is 18.2 Å². The van der Waals surface area contributed by atoms with Crippen molar-refractivity contribution in [2.75, 3.05) is 5.32 Å². The first-order valence-electron chi connectivity index (χ1n) is 11.5. The van der Waals surface area contributed by atoms with Gasteiger partial charge >= 0.3 is 5.97 Å². The monoisotopic (exact) mass is 489 g/mol. The molecule has 1 aromatic carbocycles. The maximum atomic E-state index is 12.0. The molecule has 1 unspecified atom stereocenters. The fraction of sp³-hybridized carbons (Fsp3) is 0.308. The minimum Gasteiger partial charge on any atom is -0.481 e. The Labute approximate surface area is 207 Å². The quantitative estimate of drug-likeness (QED) is 0.377. The van der Waals surface area contributed by atoms with Gasteiger partial charge in [0.2, 0.25) is 0 Å². The summed E-state index contributed by atoms with van der Waals surface area (Å²) in [6.07, 6.45) is 0. The van der Waals surface area contributed by atoms with E-state index in [1.165, 1.54) is 4.88 Å². The number of anilines is 1. The second-order valence-electron chi connectivity index (χ2n) is 8.90. The number of aliphatic imine (C=N–C) groups is 1. The molecule has 0 radical (unpaired) electrons. The lowest BCUT2D eigenvalue weighted by molar-refractivity contribution is -0.141. The van der Waals surface area contributed by atoms with Gasteiger partial charge in [0.1, 0.15) is 28.4 Å². The number of aryl methyl sites for hydroxylation is 3. The van der Waals surface area contributed by atoms with Gasteiger partial charge in [-0.1, -0.05) is 12.1 Å². The number of rotatable bonds is 6. The Morgan fingerprint density at radius 2 is 1.89 bits per heavy atom. The van der Waals surface area contributed by atoms with Gasteiger partial charge in [-0.25, -0.2) is 0 Å². The van der Waals surface area contributed by atoms with E-state index in [2.05, 4.69) is 29.4 Å². The van der Waals surface area contributed by atoms with Crippen LogP contribution in [0.5, 0.6) is 0 Å². The molecule has 180 valence electrons. The first-order valence-corrected chi connectivity index (χ1v) is 12.3. The Balaban J connectivity index is 1.58. The number of carbonyl (C=O) groups is 1. The summed E-state index contributed by atoms with van der Waals surface area (Å²) < 4.78 is 7.61. The molecular formula is C26H27N5O3S. The van der Waals surface area contributed by atoms with Crippen molar-refractivity contribution in [3.8, 4) is 5.00 Å². The van der Waals surface area contributed by atoms with Crippen LogP contribution in [0.3, 0.4) is 0 Å². The average Bonchev–Trinajstić information content (AvgIpc) is 3.48. The summed E-state index contributed by atoms with van der Waals surface area (Å²) in [6, 6.07) is 11.3. The van der Waals surface area contributed by atoms with E-state index >= 15 is 0 Å². The van der Waals surface area contributed by atoms with E-state index in [9.17, 15) is 9.90 Å². The molecule has 4 heterocycles. The maximum Gasteiger partial charge on any atom is 0.308 e. The molecule has 0 aliphatic carbocycles. The number of furan rings is 1. The van der Waals surface area contributed by atoms with Crippen molar-refractivity contribution < 1.29 is 14.3 Å². The summed E-state index contributed by atoms with van der Waals surface area (Å²) >= 11 is 1.65. The summed E-state index contributed by atoms with van der Waals surface area (Å²) in [6.45, 7) is 10.2. The molecule has 0 fully saturated rings. The van der Waals surface area contributed by atoms with Crippen LogP contribution >= 0.6 is 11.3 Å². The predicted molar refractivity (Wildman–Crippen MR) is 136 cm³/mol. The van der Waals surface area contributed by atoms with Gasteiger partial charge in [-0.3, -0.25) is 14.4 Å². The van der Waals surface area contributed by atoms with E-state index in [0.717, 1.165) is 44.6 Å². The number of nitrogens with zero attached hydrogens (tertiary/aromatic N) is 4. The first kappa shape index (κ1) is 23.0. The minimum absolute atomic E-state index is 0.557. The van der Waals surface area contributed by atoms with Crippen LogP contribution in [0.4, 0.5) is 5.69 Å². The molecule has 4 aromatic rings. The molecule has 0 saturated carbocycles. The average molecular weight is 490 g/mol. The zero-order chi connectivity index (χ0) is 24.9. The molecule has 9 heteroatoms. The molecule has 5 rings (SSSR count).